The Balaban J connectivity index is 5.16. The van der Waals surface area contributed by atoms with Gasteiger partial charge in [-0.2, -0.15) is 14.7 Å². The molecule has 0 atom stereocenters. The van der Waals surface area contributed by atoms with E-state index in [-0.39, 0.29) is 0 Å². The van der Waals surface area contributed by atoms with E-state index in [1.807, 2.05) is 62.3 Å². The second-order valence-corrected chi connectivity index (χ2v) is 9.68. The smallest absolute Gasteiger partial charge is 0.225 e. The van der Waals surface area contributed by atoms with Gasteiger partial charge in [-0.25, -0.2) is 14.7 Å². The minimum absolute atomic E-state index is 0.416. The van der Waals surface area contributed by atoms with Crippen LogP contribution in [0.1, 0.15) is 108 Å². The molecule has 0 aliphatic rings. The molecule has 0 aromatic carbocycles. The number of hydrogen-bond acceptors (Lipinski definition) is 6. The van der Waals surface area contributed by atoms with E-state index in [9.17, 15) is 0 Å². The molecule has 26 heavy (non-hydrogen) atoms. The summed E-state index contributed by atoms with van der Waals surface area (Å²) in [5, 5.41) is 0. The SMILES string of the molecule is CCCCCCCC(OOC(C)(C)C)(OOC(C)(C)C)OOC(C)(C)C. The van der Waals surface area contributed by atoms with Crippen molar-refractivity contribution in [3.05, 3.63) is 0 Å². The van der Waals surface area contributed by atoms with Crippen molar-refractivity contribution in [1.82, 2.24) is 0 Å². The minimum atomic E-state index is -1.60. The zero-order valence-electron chi connectivity index (χ0n) is 18.7. The Kier molecular flexibility index (Phi) is 10.8. The van der Waals surface area contributed by atoms with Gasteiger partial charge in [0.2, 0.25) is 0 Å². The molecule has 6 heteroatoms. The average Bonchev–Trinajstić information content (AvgIpc) is 2.45. The molecule has 0 bridgehead atoms. The van der Waals surface area contributed by atoms with Gasteiger partial charge in [-0.15, -0.1) is 0 Å². The van der Waals surface area contributed by atoms with Gasteiger partial charge in [0.1, 0.15) is 0 Å². The third kappa shape index (κ3) is 14.9. The largest absolute Gasteiger partial charge is 0.365 e. The molecular formula is C20H42O6. The Morgan fingerprint density at radius 1 is 0.462 bits per heavy atom. The molecule has 0 spiro atoms. The maximum absolute atomic E-state index is 5.60. The molecule has 0 heterocycles. The first-order chi connectivity index (χ1) is 11.7. The predicted octanol–water partition coefficient (Wildman–Crippen LogP) is 6.24. The van der Waals surface area contributed by atoms with Crippen molar-refractivity contribution in [2.75, 3.05) is 0 Å². The van der Waals surface area contributed by atoms with Crippen molar-refractivity contribution in [3.63, 3.8) is 0 Å². The van der Waals surface area contributed by atoms with Crippen LogP contribution in [0.15, 0.2) is 0 Å². The number of unbranched alkanes of at least 4 members (excludes halogenated alkanes) is 4. The molecule has 0 fully saturated rings. The summed E-state index contributed by atoms with van der Waals surface area (Å²) >= 11 is 0. The Hall–Kier alpha value is -0.240. The van der Waals surface area contributed by atoms with Gasteiger partial charge in [0.25, 0.3) is 0 Å². The molecule has 6 nitrogen and oxygen atoms in total. The van der Waals surface area contributed by atoms with Gasteiger partial charge in [0.05, 0.1) is 16.8 Å². The van der Waals surface area contributed by atoms with Gasteiger partial charge in [0, 0.05) is 6.42 Å². The molecule has 0 rings (SSSR count). The van der Waals surface area contributed by atoms with Crippen LogP contribution < -0.4 is 0 Å². The summed E-state index contributed by atoms with van der Waals surface area (Å²) < 4.78 is 0. The summed E-state index contributed by atoms with van der Waals surface area (Å²) in [5.74, 6) is -1.60. The highest BCUT2D eigenvalue weighted by Crippen LogP contribution is 2.30. The highest BCUT2D eigenvalue weighted by Gasteiger charge is 2.42. The first kappa shape index (κ1) is 25.8. The lowest BCUT2D eigenvalue weighted by atomic mass is 10.1. The molecule has 0 N–H and O–H groups in total. The zero-order valence-corrected chi connectivity index (χ0v) is 18.7. The molecule has 0 saturated carbocycles. The maximum atomic E-state index is 5.60. The van der Waals surface area contributed by atoms with E-state index >= 15 is 0 Å². The van der Waals surface area contributed by atoms with E-state index in [0.717, 1.165) is 19.3 Å². The first-order valence-corrected chi connectivity index (χ1v) is 9.79. The van der Waals surface area contributed by atoms with Gasteiger partial charge < -0.3 is 0 Å². The molecule has 158 valence electrons. The Bertz CT molecular complexity index is 316. The molecule has 0 aromatic rings. The van der Waals surface area contributed by atoms with Crippen LogP contribution in [0.2, 0.25) is 0 Å². The fourth-order valence-electron chi connectivity index (χ4n) is 1.68. The third-order valence-electron chi connectivity index (χ3n) is 2.84. The highest BCUT2D eigenvalue weighted by molar-refractivity contribution is 4.61. The quantitative estimate of drug-likeness (QED) is 0.173. The summed E-state index contributed by atoms with van der Waals surface area (Å²) in [6.45, 7) is 19.1. The van der Waals surface area contributed by atoms with Crippen LogP contribution in [0.3, 0.4) is 0 Å². The summed E-state index contributed by atoms with van der Waals surface area (Å²) in [5.41, 5.74) is -1.61. The van der Waals surface area contributed by atoms with Crippen molar-refractivity contribution in [3.8, 4) is 0 Å². The molecule has 0 aliphatic carbocycles. The minimum Gasteiger partial charge on any atom is -0.225 e. The number of hydrogen-bond donors (Lipinski definition) is 0. The van der Waals surface area contributed by atoms with Crippen molar-refractivity contribution in [1.29, 1.82) is 0 Å². The van der Waals surface area contributed by atoms with Crippen molar-refractivity contribution < 1.29 is 29.3 Å². The predicted molar refractivity (Wildman–Crippen MR) is 102 cm³/mol. The van der Waals surface area contributed by atoms with Gasteiger partial charge in [0.15, 0.2) is 0 Å². The van der Waals surface area contributed by atoms with E-state index in [0.29, 0.717) is 6.42 Å². The highest BCUT2D eigenvalue weighted by atomic mass is 17.4. The van der Waals surface area contributed by atoms with E-state index in [4.69, 9.17) is 29.3 Å². The lowest BCUT2D eigenvalue weighted by molar-refractivity contribution is -0.655. The summed E-state index contributed by atoms with van der Waals surface area (Å²) in [7, 11) is 0. The van der Waals surface area contributed by atoms with Crippen LogP contribution in [0, 0.1) is 0 Å². The Morgan fingerprint density at radius 3 is 1.12 bits per heavy atom. The normalized spacial score (nSPS) is 14.1. The molecule has 0 aromatic heterocycles. The Morgan fingerprint density at radius 2 is 0.808 bits per heavy atom. The van der Waals surface area contributed by atoms with Crippen LogP contribution in [-0.2, 0) is 29.3 Å². The van der Waals surface area contributed by atoms with Gasteiger partial charge in [-0.3, -0.25) is 0 Å². The second-order valence-electron chi connectivity index (χ2n) is 9.68. The van der Waals surface area contributed by atoms with E-state index in [1.54, 1.807) is 0 Å². The van der Waals surface area contributed by atoms with Crippen molar-refractivity contribution in [2.24, 2.45) is 0 Å². The molecular weight excluding hydrogens is 336 g/mol. The molecule has 0 amide bonds. The molecule has 0 radical (unpaired) electrons. The van der Waals surface area contributed by atoms with Crippen LogP contribution >= 0.6 is 0 Å². The van der Waals surface area contributed by atoms with Gasteiger partial charge in [-0.1, -0.05) is 32.6 Å². The van der Waals surface area contributed by atoms with Crippen LogP contribution in [-0.4, -0.2) is 22.8 Å². The average molecular weight is 379 g/mol. The monoisotopic (exact) mass is 378 g/mol. The van der Waals surface area contributed by atoms with E-state index < -0.39 is 22.8 Å². The fourth-order valence-corrected chi connectivity index (χ4v) is 1.68. The van der Waals surface area contributed by atoms with Crippen LogP contribution in [0.4, 0.5) is 0 Å². The van der Waals surface area contributed by atoms with E-state index in [2.05, 4.69) is 6.92 Å². The molecule has 0 saturated heterocycles. The van der Waals surface area contributed by atoms with Gasteiger partial charge >= 0.3 is 5.97 Å². The Labute approximate surface area is 160 Å². The molecule has 0 aliphatic heterocycles. The molecule has 0 unspecified atom stereocenters. The topological polar surface area (TPSA) is 55.4 Å². The van der Waals surface area contributed by atoms with Crippen LogP contribution in [0.25, 0.3) is 0 Å². The van der Waals surface area contributed by atoms with Crippen molar-refractivity contribution >= 4 is 0 Å². The summed E-state index contributed by atoms with van der Waals surface area (Å²) in [6.07, 6.45) is 5.81. The van der Waals surface area contributed by atoms with Gasteiger partial charge in [-0.05, 0) is 68.7 Å². The third-order valence-corrected chi connectivity index (χ3v) is 2.84. The zero-order chi connectivity index (χ0) is 20.5. The lowest BCUT2D eigenvalue weighted by Crippen LogP contribution is -2.45. The lowest BCUT2D eigenvalue weighted by Gasteiger charge is -2.35. The van der Waals surface area contributed by atoms with Crippen molar-refractivity contribution in [2.45, 2.75) is 131 Å². The van der Waals surface area contributed by atoms with E-state index in [1.165, 1.54) is 12.8 Å². The first-order valence-electron chi connectivity index (χ1n) is 9.79. The summed E-state index contributed by atoms with van der Waals surface area (Å²) in [6, 6.07) is 0. The fraction of sp³-hybridized carbons (Fsp3) is 1.00. The van der Waals surface area contributed by atoms with Crippen LogP contribution in [0.5, 0.6) is 0 Å². The summed E-state index contributed by atoms with van der Waals surface area (Å²) in [4.78, 5) is 33.3. The standard InChI is InChI=1S/C20H42O6/c1-11-12-13-14-15-16-20(24-21-17(2,3)4,25-22-18(5,6)7)26-23-19(8,9)10/h11-16H2,1-10H3. The second kappa shape index (κ2) is 10.9. The maximum Gasteiger partial charge on any atom is 0.365 e. The number of rotatable bonds is 12.